The van der Waals surface area contributed by atoms with Crippen molar-refractivity contribution in [2.45, 2.75) is 31.4 Å². The molecule has 1 saturated heterocycles. The Balaban J connectivity index is 1.05. The molecule has 2 aromatic carbocycles. The fourth-order valence-electron chi connectivity index (χ4n) is 4.52. The number of rotatable bonds is 9. The summed E-state index contributed by atoms with van der Waals surface area (Å²) in [6.45, 7) is 2.37. The number of hydrogen-bond acceptors (Lipinski definition) is 8. The lowest BCUT2D eigenvalue weighted by Gasteiger charge is -2.34. The highest BCUT2D eigenvalue weighted by Gasteiger charge is 2.20. The van der Waals surface area contributed by atoms with Crippen molar-refractivity contribution in [2.75, 3.05) is 31.1 Å². The molecule has 3 heterocycles. The summed E-state index contributed by atoms with van der Waals surface area (Å²) >= 11 is 1.03. The van der Waals surface area contributed by atoms with Crippen molar-refractivity contribution in [3.05, 3.63) is 73.1 Å². The highest BCUT2D eigenvalue weighted by Crippen LogP contribution is 2.24. The predicted octanol–water partition coefficient (Wildman–Crippen LogP) is 1.90. The maximum Gasteiger partial charge on any atom is 0.323 e. The van der Waals surface area contributed by atoms with Gasteiger partial charge in [0.2, 0.25) is 5.88 Å². The third-order valence-electron chi connectivity index (χ3n) is 6.45. The van der Waals surface area contributed by atoms with Crippen molar-refractivity contribution < 1.29 is 14.9 Å². The standard InChI is InChI=1S/C25H29N5O5S/c31-18(14-35-20-3-1-2-19-22(20)28-24(33)27-19)13-26-16-8-10-30(11-9-16)17-6-4-15(5-7-17)12-21-23(32)29-25(34)36-21/h1-7,16,18,26,31-32H,8-14H2,(H,29,34)(H2,27,28,33)/t18-/m0/s1. The molecule has 10 nitrogen and oxygen atoms in total. The number of para-hydroxylation sites is 1. The van der Waals surface area contributed by atoms with Gasteiger partial charge < -0.3 is 35.1 Å². The average molecular weight is 512 g/mol. The summed E-state index contributed by atoms with van der Waals surface area (Å²) in [6.07, 6.45) is 1.77. The number of benzene rings is 2. The van der Waals surface area contributed by atoms with E-state index in [2.05, 4.69) is 37.3 Å². The predicted molar refractivity (Wildman–Crippen MR) is 140 cm³/mol. The number of aliphatic hydroxyl groups excluding tert-OH is 1. The molecule has 36 heavy (non-hydrogen) atoms. The lowest BCUT2D eigenvalue weighted by molar-refractivity contribution is 0.103. The number of fused-ring (bicyclic) bond motifs is 1. The molecule has 1 fully saturated rings. The molecule has 6 N–H and O–H groups in total. The van der Waals surface area contributed by atoms with Gasteiger partial charge in [-0.2, -0.15) is 0 Å². The SMILES string of the molecule is O=c1[nH]c2cccc(OC[C@@H](O)CNC3CCN(c4ccc(Cc5sc(=O)[nH]c5O)cc4)CC3)c2[nH]1. The van der Waals surface area contributed by atoms with Crippen LogP contribution in [-0.4, -0.2) is 63.6 Å². The van der Waals surface area contributed by atoms with Gasteiger partial charge in [0.25, 0.3) is 0 Å². The highest BCUT2D eigenvalue weighted by atomic mass is 32.1. The first kappa shape index (κ1) is 24.2. The van der Waals surface area contributed by atoms with Crippen LogP contribution in [0.15, 0.2) is 52.1 Å². The zero-order chi connectivity index (χ0) is 25.1. The number of H-pyrrole nitrogens is 3. The highest BCUT2D eigenvalue weighted by molar-refractivity contribution is 7.09. The summed E-state index contributed by atoms with van der Waals surface area (Å²) in [6, 6.07) is 13.9. The molecule has 2 aromatic heterocycles. The number of nitrogens with zero attached hydrogens (tertiary/aromatic N) is 1. The fourth-order valence-corrected chi connectivity index (χ4v) is 5.28. The van der Waals surface area contributed by atoms with Crippen LogP contribution in [0.2, 0.25) is 0 Å². The molecule has 1 aliphatic rings. The number of aliphatic hydroxyl groups is 1. The van der Waals surface area contributed by atoms with E-state index in [-0.39, 0.29) is 23.0 Å². The Morgan fingerprint density at radius 3 is 2.58 bits per heavy atom. The van der Waals surface area contributed by atoms with Gasteiger partial charge in [-0.15, -0.1) is 0 Å². The summed E-state index contributed by atoms with van der Waals surface area (Å²) in [5, 5.41) is 23.6. The Kier molecular flexibility index (Phi) is 7.12. The van der Waals surface area contributed by atoms with Crippen molar-refractivity contribution in [3.63, 3.8) is 0 Å². The second-order valence-electron chi connectivity index (χ2n) is 9.02. The number of aromatic amines is 3. The molecule has 0 amide bonds. The Hall–Kier alpha value is -3.54. The smallest absolute Gasteiger partial charge is 0.323 e. The molecule has 4 aromatic rings. The zero-order valence-electron chi connectivity index (χ0n) is 19.6. The molecule has 11 heteroatoms. The van der Waals surface area contributed by atoms with Crippen LogP contribution in [0.25, 0.3) is 11.0 Å². The van der Waals surface area contributed by atoms with Gasteiger partial charge in [0.15, 0.2) is 0 Å². The first-order valence-corrected chi connectivity index (χ1v) is 12.8. The molecule has 190 valence electrons. The van der Waals surface area contributed by atoms with Crippen LogP contribution in [0.3, 0.4) is 0 Å². The first-order valence-electron chi connectivity index (χ1n) is 11.9. The van der Waals surface area contributed by atoms with Crippen LogP contribution in [0.4, 0.5) is 5.69 Å². The van der Waals surface area contributed by atoms with Crippen LogP contribution in [0.5, 0.6) is 11.6 Å². The maximum absolute atomic E-state index is 11.5. The maximum atomic E-state index is 11.5. The minimum Gasteiger partial charge on any atom is -0.494 e. The topological polar surface area (TPSA) is 146 Å². The van der Waals surface area contributed by atoms with Crippen LogP contribution >= 0.6 is 11.3 Å². The number of thiazole rings is 1. The normalized spacial score (nSPS) is 15.4. The van der Waals surface area contributed by atoms with Crippen LogP contribution < -0.4 is 25.5 Å². The fraction of sp³-hybridized carbons (Fsp3) is 0.360. The van der Waals surface area contributed by atoms with Gasteiger partial charge in [0.1, 0.15) is 24.0 Å². The third-order valence-corrected chi connectivity index (χ3v) is 7.32. The van der Waals surface area contributed by atoms with Gasteiger partial charge in [-0.25, -0.2) is 4.79 Å². The summed E-state index contributed by atoms with van der Waals surface area (Å²) in [5.41, 5.74) is 3.17. The number of aromatic nitrogens is 3. The second-order valence-corrected chi connectivity index (χ2v) is 10.1. The number of nitrogens with one attached hydrogen (secondary N) is 4. The van der Waals surface area contributed by atoms with Crippen molar-refractivity contribution in [1.29, 1.82) is 0 Å². The van der Waals surface area contributed by atoms with E-state index < -0.39 is 6.10 Å². The van der Waals surface area contributed by atoms with Crippen LogP contribution in [0, 0.1) is 0 Å². The molecule has 0 unspecified atom stereocenters. The number of imidazole rings is 1. The van der Waals surface area contributed by atoms with E-state index in [1.165, 1.54) is 0 Å². The lowest BCUT2D eigenvalue weighted by Crippen LogP contribution is -2.45. The molecule has 0 radical (unpaired) electrons. The molecule has 1 aliphatic heterocycles. The van der Waals surface area contributed by atoms with E-state index in [0.29, 0.717) is 40.7 Å². The van der Waals surface area contributed by atoms with E-state index in [1.54, 1.807) is 18.2 Å². The molecule has 1 atom stereocenters. The Morgan fingerprint density at radius 2 is 1.86 bits per heavy atom. The van der Waals surface area contributed by atoms with Crippen LogP contribution in [0.1, 0.15) is 23.3 Å². The van der Waals surface area contributed by atoms with Gasteiger partial charge >= 0.3 is 10.6 Å². The summed E-state index contributed by atoms with van der Waals surface area (Å²) in [7, 11) is 0. The van der Waals surface area contributed by atoms with Gasteiger partial charge in [0, 0.05) is 37.8 Å². The summed E-state index contributed by atoms with van der Waals surface area (Å²) in [5.74, 6) is 0.486. The van der Waals surface area contributed by atoms with E-state index in [0.717, 1.165) is 48.5 Å². The molecule has 0 bridgehead atoms. The monoisotopic (exact) mass is 511 g/mol. The van der Waals surface area contributed by atoms with Crippen molar-refractivity contribution in [1.82, 2.24) is 20.3 Å². The minimum atomic E-state index is -0.672. The number of piperidine rings is 1. The van der Waals surface area contributed by atoms with Crippen molar-refractivity contribution >= 4 is 28.1 Å². The molecule has 0 aliphatic carbocycles. The Labute approximate surface area is 210 Å². The Morgan fingerprint density at radius 1 is 1.08 bits per heavy atom. The van der Waals surface area contributed by atoms with E-state index in [1.807, 2.05) is 12.1 Å². The third kappa shape index (κ3) is 5.64. The number of ether oxygens (including phenoxy) is 1. The van der Waals surface area contributed by atoms with Crippen molar-refractivity contribution in [2.24, 2.45) is 0 Å². The zero-order valence-corrected chi connectivity index (χ0v) is 20.4. The first-order chi connectivity index (χ1) is 17.4. The molecule has 0 spiro atoms. The van der Waals surface area contributed by atoms with Gasteiger partial charge in [0.05, 0.1) is 10.4 Å². The average Bonchev–Trinajstić information content (AvgIpc) is 3.42. The van der Waals surface area contributed by atoms with Crippen LogP contribution in [-0.2, 0) is 6.42 Å². The van der Waals surface area contributed by atoms with Crippen molar-refractivity contribution in [3.8, 4) is 11.6 Å². The Bertz CT molecular complexity index is 1420. The van der Waals surface area contributed by atoms with Gasteiger partial charge in [-0.1, -0.05) is 29.5 Å². The lowest BCUT2D eigenvalue weighted by atomic mass is 10.0. The molecular formula is C25H29N5O5S. The minimum absolute atomic E-state index is 0.0466. The summed E-state index contributed by atoms with van der Waals surface area (Å²) < 4.78 is 5.75. The number of anilines is 1. The van der Waals surface area contributed by atoms with E-state index in [4.69, 9.17) is 4.74 Å². The largest absolute Gasteiger partial charge is 0.494 e. The quantitative estimate of drug-likeness (QED) is 0.201. The number of aromatic hydroxyl groups is 1. The van der Waals surface area contributed by atoms with E-state index >= 15 is 0 Å². The van der Waals surface area contributed by atoms with Gasteiger partial charge in [-0.3, -0.25) is 9.78 Å². The van der Waals surface area contributed by atoms with E-state index in [9.17, 15) is 19.8 Å². The molecular weight excluding hydrogens is 482 g/mol. The van der Waals surface area contributed by atoms with Gasteiger partial charge in [-0.05, 0) is 42.7 Å². The summed E-state index contributed by atoms with van der Waals surface area (Å²) in [4.78, 5) is 33.4. The molecule has 5 rings (SSSR count). The molecule has 0 saturated carbocycles. The number of hydrogen-bond donors (Lipinski definition) is 6. The second kappa shape index (κ2) is 10.6.